The van der Waals surface area contributed by atoms with Crippen molar-refractivity contribution < 1.29 is 14.1 Å². The molecule has 0 bridgehead atoms. The smallest absolute Gasteiger partial charge is 0.255 e. The summed E-state index contributed by atoms with van der Waals surface area (Å²) in [5, 5.41) is 9.51. The summed E-state index contributed by atoms with van der Waals surface area (Å²) < 4.78 is 5.28. The summed E-state index contributed by atoms with van der Waals surface area (Å²) in [4.78, 5) is 24.6. The summed E-state index contributed by atoms with van der Waals surface area (Å²) in [6.45, 7) is 8.12. The molecule has 0 fully saturated rings. The fraction of sp³-hybridized carbons (Fsp3) is 0.292. The highest BCUT2D eigenvalue weighted by Crippen LogP contribution is 2.24. The van der Waals surface area contributed by atoms with Gasteiger partial charge in [0.05, 0.1) is 6.42 Å². The van der Waals surface area contributed by atoms with Gasteiger partial charge >= 0.3 is 0 Å². The maximum atomic E-state index is 12.4. The van der Waals surface area contributed by atoms with E-state index in [9.17, 15) is 9.59 Å². The monoisotopic (exact) mass is 405 g/mol. The lowest BCUT2D eigenvalue weighted by Crippen LogP contribution is -2.15. The Morgan fingerprint density at radius 3 is 2.13 bits per heavy atom. The van der Waals surface area contributed by atoms with E-state index in [1.807, 2.05) is 57.2 Å². The molecule has 6 nitrogen and oxygen atoms in total. The Kier molecular flexibility index (Phi) is 6.35. The summed E-state index contributed by atoms with van der Waals surface area (Å²) in [7, 11) is 0. The molecule has 0 aliphatic carbocycles. The molecule has 2 aromatic carbocycles. The second-order valence-corrected chi connectivity index (χ2v) is 8.25. The zero-order valence-electron chi connectivity index (χ0n) is 17.8. The maximum absolute atomic E-state index is 12.4. The van der Waals surface area contributed by atoms with Crippen molar-refractivity contribution in [2.24, 2.45) is 0 Å². The first kappa shape index (κ1) is 21.3. The highest BCUT2D eigenvalue weighted by atomic mass is 16.5. The molecule has 3 aromatic rings. The standard InChI is InChI=1S/C24H27N3O3/c1-5-16-6-10-18(11-7-16)23(29)25-19-12-8-17(9-13-19)14-22(28)26-21-15-20(30-27-21)24(2,3)4/h6-13,15H,5,14H2,1-4H3,(H,25,29)(H,26,27,28). The predicted octanol–water partition coefficient (Wildman–Crippen LogP) is 4.97. The van der Waals surface area contributed by atoms with Gasteiger partial charge in [0.1, 0.15) is 5.76 Å². The number of benzene rings is 2. The fourth-order valence-corrected chi connectivity index (χ4v) is 2.86. The maximum Gasteiger partial charge on any atom is 0.255 e. The Morgan fingerprint density at radius 2 is 1.57 bits per heavy atom. The number of carbonyl (C=O) groups is 2. The molecule has 0 saturated heterocycles. The molecule has 2 amide bonds. The Balaban J connectivity index is 1.55. The molecule has 2 N–H and O–H groups in total. The van der Waals surface area contributed by atoms with Crippen LogP contribution in [0.3, 0.4) is 0 Å². The van der Waals surface area contributed by atoms with E-state index in [2.05, 4.69) is 22.7 Å². The fourth-order valence-electron chi connectivity index (χ4n) is 2.86. The lowest BCUT2D eigenvalue weighted by atomic mass is 9.93. The second-order valence-electron chi connectivity index (χ2n) is 8.25. The van der Waals surface area contributed by atoms with Crippen molar-refractivity contribution in [1.82, 2.24) is 5.16 Å². The van der Waals surface area contributed by atoms with E-state index in [1.54, 1.807) is 18.2 Å². The van der Waals surface area contributed by atoms with Crippen LogP contribution in [0.4, 0.5) is 11.5 Å². The van der Waals surface area contributed by atoms with Crippen LogP contribution < -0.4 is 10.6 Å². The van der Waals surface area contributed by atoms with Crippen molar-refractivity contribution in [1.29, 1.82) is 0 Å². The molecular formula is C24H27N3O3. The molecule has 1 aromatic heterocycles. The normalized spacial score (nSPS) is 11.2. The molecule has 0 atom stereocenters. The van der Waals surface area contributed by atoms with E-state index >= 15 is 0 Å². The minimum Gasteiger partial charge on any atom is -0.359 e. The molecular weight excluding hydrogens is 378 g/mol. The van der Waals surface area contributed by atoms with Crippen LogP contribution in [0.25, 0.3) is 0 Å². The number of nitrogens with one attached hydrogen (secondary N) is 2. The summed E-state index contributed by atoms with van der Waals surface area (Å²) in [6, 6.07) is 16.5. The molecule has 0 aliphatic rings. The van der Waals surface area contributed by atoms with Crippen LogP contribution in [-0.2, 0) is 23.1 Å². The van der Waals surface area contributed by atoms with Gasteiger partial charge in [0, 0.05) is 22.7 Å². The van der Waals surface area contributed by atoms with Crippen molar-refractivity contribution in [3.05, 3.63) is 77.0 Å². The molecule has 0 radical (unpaired) electrons. The summed E-state index contributed by atoms with van der Waals surface area (Å²) in [5.74, 6) is 0.769. The molecule has 3 rings (SSSR count). The van der Waals surface area contributed by atoms with Gasteiger partial charge in [-0.25, -0.2) is 0 Å². The number of nitrogens with zero attached hydrogens (tertiary/aromatic N) is 1. The van der Waals surface area contributed by atoms with Gasteiger partial charge in [-0.3, -0.25) is 9.59 Å². The van der Waals surface area contributed by atoms with E-state index in [1.165, 1.54) is 5.56 Å². The molecule has 0 aliphatic heterocycles. The van der Waals surface area contributed by atoms with E-state index in [4.69, 9.17) is 4.52 Å². The third kappa shape index (κ3) is 5.56. The van der Waals surface area contributed by atoms with Gasteiger partial charge in [-0.2, -0.15) is 0 Å². The molecule has 0 unspecified atom stereocenters. The number of amides is 2. The van der Waals surface area contributed by atoms with E-state index < -0.39 is 0 Å². The van der Waals surface area contributed by atoms with Gasteiger partial charge in [-0.05, 0) is 41.8 Å². The number of hydrogen-bond donors (Lipinski definition) is 2. The number of rotatable bonds is 6. The number of aryl methyl sites for hydroxylation is 1. The van der Waals surface area contributed by atoms with Crippen LogP contribution in [0.1, 0.15) is 54.9 Å². The van der Waals surface area contributed by atoms with Gasteiger partial charge in [-0.1, -0.05) is 57.1 Å². The minimum absolute atomic E-state index is 0.163. The Hall–Kier alpha value is -3.41. The third-order valence-electron chi connectivity index (χ3n) is 4.72. The van der Waals surface area contributed by atoms with Gasteiger partial charge in [-0.15, -0.1) is 0 Å². The van der Waals surface area contributed by atoms with Gasteiger partial charge in [0.15, 0.2) is 5.82 Å². The van der Waals surface area contributed by atoms with Crippen molar-refractivity contribution in [3.63, 3.8) is 0 Å². The lowest BCUT2D eigenvalue weighted by Gasteiger charge is -2.12. The Labute approximate surface area is 176 Å². The van der Waals surface area contributed by atoms with Crippen molar-refractivity contribution >= 4 is 23.3 Å². The lowest BCUT2D eigenvalue weighted by molar-refractivity contribution is -0.115. The van der Waals surface area contributed by atoms with Crippen LogP contribution in [0, 0.1) is 0 Å². The van der Waals surface area contributed by atoms with E-state index in [-0.39, 0.29) is 23.7 Å². The van der Waals surface area contributed by atoms with Crippen LogP contribution in [0.15, 0.2) is 59.1 Å². The molecule has 0 saturated carbocycles. The molecule has 30 heavy (non-hydrogen) atoms. The summed E-state index contributed by atoms with van der Waals surface area (Å²) in [6.07, 6.45) is 1.13. The Bertz CT molecular complexity index is 1010. The average molecular weight is 405 g/mol. The first-order valence-corrected chi connectivity index (χ1v) is 10.0. The SMILES string of the molecule is CCc1ccc(C(=O)Nc2ccc(CC(=O)Nc3cc(C(C)(C)C)on3)cc2)cc1. The highest BCUT2D eigenvalue weighted by Gasteiger charge is 2.20. The van der Waals surface area contributed by atoms with Crippen LogP contribution in [0.2, 0.25) is 0 Å². The number of anilines is 2. The van der Waals surface area contributed by atoms with Crippen molar-refractivity contribution in [2.75, 3.05) is 10.6 Å². The predicted molar refractivity (Wildman–Crippen MR) is 118 cm³/mol. The first-order chi connectivity index (χ1) is 14.2. The largest absolute Gasteiger partial charge is 0.359 e. The van der Waals surface area contributed by atoms with Crippen molar-refractivity contribution in [2.45, 2.75) is 46.0 Å². The average Bonchev–Trinajstić information content (AvgIpc) is 3.18. The molecule has 1 heterocycles. The number of aromatic nitrogens is 1. The third-order valence-corrected chi connectivity index (χ3v) is 4.72. The summed E-state index contributed by atoms with van der Waals surface area (Å²) in [5.41, 5.74) is 3.13. The van der Waals surface area contributed by atoms with E-state index in [0.29, 0.717) is 22.8 Å². The minimum atomic E-state index is -0.184. The topological polar surface area (TPSA) is 84.2 Å². The van der Waals surface area contributed by atoms with Crippen molar-refractivity contribution in [3.8, 4) is 0 Å². The zero-order chi connectivity index (χ0) is 21.7. The number of carbonyl (C=O) groups excluding carboxylic acids is 2. The van der Waals surface area contributed by atoms with Crippen LogP contribution in [0.5, 0.6) is 0 Å². The molecule has 156 valence electrons. The van der Waals surface area contributed by atoms with Gasteiger partial charge < -0.3 is 15.2 Å². The highest BCUT2D eigenvalue weighted by molar-refractivity contribution is 6.04. The zero-order valence-corrected chi connectivity index (χ0v) is 17.8. The quantitative estimate of drug-likeness (QED) is 0.606. The number of hydrogen-bond acceptors (Lipinski definition) is 4. The van der Waals surface area contributed by atoms with Crippen LogP contribution in [-0.4, -0.2) is 17.0 Å². The molecule has 0 spiro atoms. The van der Waals surface area contributed by atoms with Crippen LogP contribution >= 0.6 is 0 Å². The Morgan fingerprint density at radius 1 is 0.933 bits per heavy atom. The van der Waals surface area contributed by atoms with Gasteiger partial charge in [0.25, 0.3) is 5.91 Å². The molecule has 6 heteroatoms. The summed E-state index contributed by atoms with van der Waals surface area (Å²) >= 11 is 0. The van der Waals surface area contributed by atoms with E-state index in [0.717, 1.165) is 12.0 Å². The second kappa shape index (κ2) is 8.95. The first-order valence-electron chi connectivity index (χ1n) is 10.0. The van der Waals surface area contributed by atoms with Gasteiger partial charge in [0.2, 0.25) is 5.91 Å².